The molecule has 1 aromatic heterocycles. The second-order valence-electron chi connectivity index (χ2n) is 9.80. The molecule has 0 bridgehead atoms. The zero-order chi connectivity index (χ0) is 27.6. The fraction of sp³-hybridized carbons (Fsp3) is 0.182. The summed E-state index contributed by atoms with van der Waals surface area (Å²) in [5.41, 5.74) is 5.24. The molecule has 200 valence electrons. The van der Waals surface area contributed by atoms with E-state index >= 15 is 0 Å². The Bertz CT molecular complexity index is 1680. The molecule has 1 aliphatic carbocycles. The topological polar surface area (TPSA) is 60.8 Å². The summed E-state index contributed by atoms with van der Waals surface area (Å²) >= 11 is 5.37. The van der Waals surface area contributed by atoms with Crippen LogP contribution in [0.1, 0.15) is 31.7 Å². The van der Waals surface area contributed by atoms with Gasteiger partial charge in [-0.1, -0.05) is 73.2 Å². The number of amides is 1. The number of carbonyl (C=O) groups is 2. The van der Waals surface area contributed by atoms with Gasteiger partial charge in [-0.2, -0.15) is 0 Å². The first-order chi connectivity index (χ1) is 19.5. The molecule has 1 fully saturated rings. The maximum absolute atomic E-state index is 13.1. The van der Waals surface area contributed by atoms with Crippen molar-refractivity contribution in [3.63, 3.8) is 0 Å². The number of hydrogen-bond donors (Lipinski definition) is 0. The van der Waals surface area contributed by atoms with Gasteiger partial charge in [0.05, 0.1) is 11.0 Å². The third-order valence-corrected chi connectivity index (χ3v) is 7.54. The Balaban J connectivity index is 1.15. The van der Waals surface area contributed by atoms with E-state index in [1.807, 2.05) is 42.5 Å². The van der Waals surface area contributed by atoms with Gasteiger partial charge >= 0.3 is 5.97 Å². The van der Waals surface area contributed by atoms with Crippen LogP contribution in [0.4, 0.5) is 0 Å². The van der Waals surface area contributed by atoms with Gasteiger partial charge in [0.2, 0.25) is 0 Å². The van der Waals surface area contributed by atoms with E-state index in [9.17, 15) is 9.59 Å². The number of hydrogen-bond acceptors (Lipinski definition) is 5. The molecule has 7 heteroatoms. The molecule has 40 heavy (non-hydrogen) atoms. The van der Waals surface area contributed by atoms with E-state index < -0.39 is 0 Å². The van der Waals surface area contributed by atoms with Crippen molar-refractivity contribution in [2.75, 3.05) is 6.54 Å². The van der Waals surface area contributed by atoms with E-state index in [2.05, 4.69) is 53.1 Å². The molecule has 3 aromatic carbocycles. The quantitative estimate of drug-likeness (QED) is 0.143. The Morgan fingerprint density at radius 1 is 1.02 bits per heavy atom. The molecule has 2 aliphatic rings. The van der Waals surface area contributed by atoms with Crippen LogP contribution in [0.3, 0.4) is 0 Å². The molecule has 1 saturated heterocycles. The zero-order valence-corrected chi connectivity index (χ0v) is 22.9. The van der Waals surface area contributed by atoms with E-state index in [0.29, 0.717) is 25.8 Å². The standard InChI is InChI=1S/C33H28N2O4S/c1-2-31(36)38-25-17-13-22(14-18-25)19-20-34-32(37)30(39-33(34)40)21-23-11-15-24(16-12-23)35-28-9-5-3-7-26(28)27-8-4-6-10-29(27)35/h3-17,21,25H,2,18-20H2,1H3. The molecule has 0 radical (unpaired) electrons. The van der Waals surface area contributed by atoms with Gasteiger partial charge in [-0.15, -0.1) is 0 Å². The second-order valence-corrected chi connectivity index (χ2v) is 10.1. The number of allylic oxidation sites excluding steroid dienone is 1. The SMILES string of the molecule is CCC(=O)OC1C=CC(CCN2C(=O)C(=Cc3ccc(-n4c5ccccc5c5ccccc54)cc3)OC2=S)=CC1. The lowest BCUT2D eigenvalue weighted by atomic mass is 10.0. The third-order valence-electron chi connectivity index (χ3n) is 7.24. The first-order valence-electron chi connectivity index (χ1n) is 13.4. The highest BCUT2D eigenvalue weighted by atomic mass is 32.1. The molecule has 1 atom stereocenters. The normalized spacial score (nSPS) is 18.0. The Labute approximate surface area is 237 Å². The lowest BCUT2D eigenvalue weighted by Gasteiger charge is -2.18. The summed E-state index contributed by atoms with van der Waals surface area (Å²) < 4.78 is 13.3. The molecular weight excluding hydrogens is 520 g/mol. The first kappa shape index (κ1) is 25.8. The van der Waals surface area contributed by atoms with Crippen LogP contribution >= 0.6 is 12.2 Å². The van der Waals surface area contributed by atoms with Crippen molar-refractivity contribution in [3.8, 4) is 5.69 Å². The summed E-state index contributed by atoms with van der Waals surface area (Å²) in [6.07, 6.45) is 8.98. The van der Waals surface area contributed by atoms with Gasteiger partial charge < -0.3 is 14.0 Å². The minimum Gasteiger partial charge on any atom is -0.458 e. The predicted molar refractivity (Wildman–Crippen MR) is 161 cm³/mol. The Kier molecular flexibility index (Phi) is 7.05. The van der Waals surface area contributed by atoms with Crippen LogP contribution in [0.15, 0.2) is 102 Å². The van der Waals surface area contributed by atoms with Crippen LogP contribution in [-0.4, -0.2) is 39.2 Å². The Morgan fingerprint density at radius 2 is 1.70 bits per heavy atom. The average molecular weight is 549 g/mol. The van der Waals surface area contributed by atoms with Crippen LogP contribution < -0.4 is 0 Å². The zero-order valence-electron chi connectivity index (χ0n) is 22.1. The molecule has 1 amide bonds. The Hall–Kier alpha value is -4.49. The smallest absolute Gasteiger partial charge is 0.306 e. The maximum Gasteiger partial charge on any atom is 0.306 e. The van der Waals surface area contributed by atoms with Gasteiger partial charge in [0, 0.05) is 35.8 Å². The number of fused-ring (bicyclic) bond motifs is 3. The molecule has 0 N–H and O–H groups in total. The molecule has 1 aliphatic heterocycles. The van der Waals surface area contributed by atoms with E-state index in [1.165, 1.54) is 15.7 Å². The highest BCUT2D eigenvalue weighted by Gasteiger charge is 2.33. The second kappa shape index (κ2) is 10.9. The fourth-order valence-electron chi connectivity index (χ4n) is 5.18. The van der Waals surface area contributed by atoms with Crippen molar-refractivity contribution < 1.29 is 19.1 Å². The van der Waals surface area contributed by atoms with Crippen molar-refractivity contribution in [3.05, 3.63) is 108 Å². The van der Waals surface area contributed by atoms with Crippen LogP contribution in [0.2, 0.25) is 0 Å². The van der Waals surface area contributed by atoms with Crippen LogP contribution in [0, 0.1) is 0 Å². The maximum atomic E-state index is 13.1. The van der Waals surface area contributed by atoms with Crippen molar-refractivity contribution in [1.29, 1.82) is 0 Å². The van der Waals surface area contributed by atoms with E-state index in [1.54, 1.807) is 13.0 Å². The molecular formula is C33H28N2O4S. The van der Waals surface area contributed by atoms with Gasteiger partial charge in [0.1, 0.15) is 6.10 Å². The van der Waals surface area contributed by atoms with E-state index in [-0.39, 0.29) is 28.9 Å². The Morgan fingerprint density at radius 3 is 2.33 bits per heavy atom. The number of carbonyl (C=O) groups excluding carboxylic acids is 2. The minimum absolute atomic E-state index is 0.160. The number of aromatic nitrogens is 1. The number of ether oxygens (including phenoxy) is 2. The van der Waals surface area contributed by atoms with E-state index in [0.717, 1.165) is 27.9 Å². The third kappa shape index (κ3) is 4.96. The lowest BCUT2D eigenvalue weighted by molar-refractivity contribution is -0.146. The van der Waals surface area contributed by atoms with Crippen LogP contribution in [-0.2, 0) is 19.1 Å². The molecule has 4 aromatic rings. The van der Waals surface area contributed by atoms with Gasteiger partial charge in [0.15, 0.2) is 5.76 Å². The summed E-state index contributed by atoms with van der Waals surface area (Å²) in [6, 6.07) is 24.8. The summed E-state index contributed by atoms with van der Waals surface area (Å²) in [6.45, 7) is 2.19. The van der Waals surface area contributed by atoms with Crippen molar-refractivity contribution in [1.82, 2.24) is 9.47 Å². The summed E-state index contributed by atoms with van der Waals surface area (Å²) in [4.78, 5) is 26.1. The summed E-state index contributed by atoms with van der Waals surface area (Å²) in [5, 5.41) is 2.58. The van der Waals surface area contributed by atoms with Crippen molar-refractivity contribution in [2.45, 2.75) is 32.3 Å². The van der Waals surface area contributed by atoms with Crippen LogP contribution in [0.25, 0.3) is 33.6 Å². The minimum atomic E-state index is -0.244. The largest absolute Gasteiger partial charge is 0.458 e. The highest BCUT2D eigenvalue weighted by Crippen LogP contribution is 2.32. The van der Waals surface area contributed by atoms with Gasteiger partial charge in [0.25, 0.3) is 11.1 Å². The number of esters is 1. The van der Waals surface area contributed by atoms with Gasteiger partial charge in [-0.25, -0.2) is 0 Å². The molecule has 1 unspecified atom stereocenters. The highest BCUT2D eigenvalue weighted by molar-refractivity contribution is 7.80. The molecule has 6 nitrogen and oxygen atoms in total. The number of nitrogens with zero attached hydrogens (tertiary/aromatic N) is 2. The summed E-state index contributed by atoms with van der Waals surface area (Å²) in [5.74, 6) is -0.238. The monoisotopic (exact) mass is 548 g/mol. The summed E-state index contributed by atoms with van der Waals surface area (Å²) in [7, 11) is 0. The average Bonchev–Trinajstić information content (AvgIpc) is 3.46. The number of rotatable bonds is 7. The number of para-hydroxylation sites is 2. The molecule has 6 rings (SSSR count). The predicted octanol–water partition coefficient (Wildman–Crippen LogP) is 6.87. The van der Waals surface area contributed by atoms with Crippen LogP contribution in [0.5, 0.6) is 0 Å². The van der Waals surface area contributed by atoms with E-state index in [4.69, 9.17) is 21.7 Å². The fourth-order valence-corrected chi connectivity index (χ4v) is 5.44. The molecule has 0 spiro atoms. The number of thiocarbonyl (C=S) groups is 1. The first-order valence-corrected chi connectivity index (χ1v) is 13.8. The molecule has 2 heterocycles. The number of benzene rings is 3. The van der Waals surface area contributed by atoms with Crippen molar-refractivity contribution >= 4 is 57.2 Å². The van der Waals surface area contributed by atoms with Gasteiger partial charge in [-0.05, 0) is 60.6 Å². The lowest BCUT2D eigenvalue weighted by Crippen LogP contribution is -2.30. The molecule has 0 saturated carbocycles. The van der Waals surface area contributed by atoms with Crippen molar-refractivity contribution in [2.24, 2.45) is 0 Å². The van der Waals surface area contributed by atoms with Gasteiger partial charge in [-0.3, -0.25) is 14.5 Å².